The van der Waals surface area contributed by atoms with Gasteiger partial charge in [-0.25, -0.2) is 0 Å². The topological polar surface area (TPSA) is 62.6 Å². The van der Waals surface area contributed by atoms with Gasteiger partial charge in [0.2, 0.25) is 0 Å². The largest absolute Gasteiger partial charge is 0.493 e. The minimum absolute atomic E-state index is 0.0941. The fourth-order valence-electron chi connectivity index (χ4n) is 3.05. The number of ether oxygens (including phenoxy) is 2. The number of rotatable bonds is 9. The first-order valence-corrected chi connectivity index (χ1v) is 10.5. The molecule has 154 valence electrons. The van der Waals surface area contributed by atoms with Crippen molar-refractivity contribution in [3.8, 4) is 17.6 Å². The van der Waals surface area contributed by atoms with Gasteiger partial charge in [-0.3, -0.25) is 4.79 Å². The quantitative estimate of drug-likeness (QED) is 0.508. The van der Waals surface area contributed by atoms with Gasteiger partial charge in [-0.2, -0.15) is 5.26 Å². The van der Waals surface area contributed by atoms with Crippen LogP contribution in [0.2, 0.25) is 0 Å². The van der Waals surface area contributed by atoms with E-state index in [-0.39, 0.29) is 12.5 Å². The van der Waals surface area contributed by atoms with E-state index >= 15 is 0 Å². The molecular weight excluding hydrogens is 396 g/mol. The zero-order valence-corrected chi connectivity index (χ0v) is 17.9. The molecule has 3 rings (SSSR count). The van der Waals surface area contributed by atoms with Crippen LogP contribution in [0.3, 0.4) is 0 Å². The first kappa shape index (κ1) is 21.4. The monoisotopic (exact) mass is 420 g/mol. The molecule has 1 aromatic heterocycles. The van der Waals surface area contributed by atoms with E-state index in [4.69, 9.17) is 14.7 Å². The summed E-state index contributed by atoms with van der Waals surface area (Å²) in [5, 5.41) is 9.03. The van der Waals surface area contributed by atoms with Crippen LogP contribution in [0.1, 0.15) is 20.9 Å². The Morgan fingerprint density at radius 2 is 1.90 bits per heavy atom. The lowest BCUT2D eigenvalue weighted by Gasteiger charge is -2.23. The van der Waals surface area contributed by atoms with Crippen molar-refractivity contribution < 1.29 is 14.3 Å². The zero-order valence-electron chi connectivity index (χ0n) is 17.1. The molecule has 0 N–H and O–H groups in total. The summed E-state index contributed by atoms with van der Waals surface area (Å²) < 4.78 is 11.0. The lowest BCUT2D eigenvalue weighted by atomic mass is 10.1. The van der Waals surface area contributed by atoms with Gasteiger partial charge in [0, 0.05) is 22.4 Å². The molecular formula is C24H24N2O3S. The molecule has 0 aliphatic carbocycles. The highest BCUT2D eigenvalue weighted by Crippen LogP contribution is 2.28. The van der Waals surface area contributed by atoms with E-state index in [9.17, 15) is 4.79 Å². The molecule has 5 nitrogen and oxygen atoms in total. The molecule has 0 aliphatic heterocycles. The second kappa shape index (κ2) is 10.5. The Labute approximate surface area is 181 Å². The van der Waals surface area contributed by atoms with E-state index < -0.39 is 0 Å². The van der Waals surface area contributed by atoms with Crippen LogP contribution in [-0.2, 0) is 17.8 Å². The Hall–Kier alpha value is -3.30. The number of nitriles is 1. The van der Waals surface area contributed by atoms with Gasteiger partial charge in [-0.1, -0.05) is 30.3 Å². The number of nitrogens with zero attached hydrogens (tertiary/aromatic N) is 2. The molecule has 0 saturated heterocycles. The van der Waals surface area contributed by atoms with Gasteiger partial charge in [0.15, 0.2) is 18.1 Å². The summed E-state index contributed by atoms with van der Waals surface area (Å²) in [6.45, 7) is 3.12. The second-order valence-corrected chi connectivity index (χ2v) is 8.20. The number of hydrogen-bond acceptors (Lipinski definition) is 5. The van der Waals surface area contributed by atoms with Crippen LogP contribution in [0.15, 0.2) is 60.7 Å². The van der Waals surface area contributed by atoms with Gasteiger partial charge in [-0.15, -0.1) is 11.3 Å². The Morgan fingerprint density at radius 3 is 2.57 bits per heavy atom. The SMILES string of the molecule is COc1cc(C#N)ccc1OCC(=O)N(CCc1ccccc1)Cc1ccc(C)s1. The summed E-state index contributed by atoms with van der Waals surface area (Å²) >= 11 is 1.69. The van der Waals surface area contributed by atoms with Crippen LogP contribution in [0.25, 0.3) is 0 Å². The van der Waals surface area contributed by atoms with Crippen LogP contribution in [0.4, 0.5) is 0 Å². The normalized spacial score (nSPS) is 10.3. The third-order valence-electron chi connectivity index (χ3n) is 4.65. The minimum Gasteiger partial charge on any atom is -0.493 e. The molecule has 6 heteroatoms. The van der Waals surface area contributed by atoms with Gasteiger partial charge >= 0.3 is 0 Å². The summed E-state index contributed by atoms with van der Waals surface area (Å²) in [5.74, 6) is 0.787. The summed E-state index contributed by atoms with van der Waals surface area (Å²) in [4.78, 5) is 17.2. The van der Waals surface area contributed by atoms with Crippen molar-refractivity contribution in [2.24, 2.45) is 0 Å². The Balaban J connectivity index is 1.68. The lowest BCUT2D eigenvalue weighted by molar-refractivity contribution is -0.134. The smallest absolute Gasteiger partial charge is 0.260 e. The maximum Gasteiger partial charge on any atom is 0.260 e. The molecule has 30 heavy (non-hydrogen) atoms. The van der Waals surface area contributed by atoms with Gasteiger partial charge in [0.05, 0.1) is 25.3 Å². The number of methoxy groups -OCH3 is 1. The van der Waals surface area contributed by atoms with Crippen molar-refractivity contribution in [3.05, 3.63) is 81.5 Å². The average Bonchev–Trinajstić information content (AvgIpc) is 3.20. The van der Waals surface area contributed by atoms with Crippen LogP contribution >= 0.6 is 11.3 Å². The number of carbonyl (C=O) groups excluding carboxylic acids is 1. The maximum atomic E-state index is 13.0. The molecule has 1 amide bonds. The standard InChI is InChI=1S/C24H24N2O3S/c1-18-8-10-21(30-18)16-26(13-12-19-6-4-3-5-7-19)24(27)17-29-22-11-9-20(15-25)14-23(22)28-2/h3-11,14H,12-13,16-17H2,1-2H3. The molecule has 0 radical (unpaired) electrons. The molecule has 0 atom stereocenters. The molecule has 0 saturated carbocycles. The van der Waals surface area contributed by atoms with E-state index in [1.54, 1.807) is 29.5 Å². The number of amides is 1. The molecule has 2 aromatic carbocycles. The van der Waals surface area contributed by atoms with E-state index in [0.29, 0.717) is 30.2 Å². The maximum absolute atomic E-state index is 13.0. The van der Waals surface area contributed by atoms with Gasteiger partial charge in [0.25, 0.3) is 5.91 Å². The van der Waals surface area contributed by atoms with Crippen LogP contribution in [0.5, 0.6) is 11.5 Å². The van der Waals surface area contributed by atoms with Crippen molar-refractivity contribution in [3.63, 3.8) is 0 Å². The fraction of sp³-hybridized carbons (Fsp3) is 0.250. The summed E-state index contributed by atoms with van der Waals surface area (Å²) in [7, 11) is 1.51. The first-order valence-electron chi connectivity index (χ1n) is 9.67. The molecule has 0 fully saturated rings. The van der Waals surface area contributed by atoms with Gasteiger partial charge in [-0.05, 0) is 43.2 Å². The van der Waals surface area contributed by atoms with E-state index in [0.717, 1.165) is 11.3 Å². The summed E-state index contributed by atoms with van der Waals surface area (Å²) in [6.07, 6.45) is 0.775. The summed E-state index contributed by atoms with van der Waals surface area (Å²) in [5.41, 5.74) is 1.66. The number of thiophene rings is 1. The molecule has 0 aliphatic rings. The van der Waals surface area contributed by atoms with E-state index in [1.165, 1.54) is 17.6 Å². The average molecular weight is 421 g/mol. The van der Waals surface area contributed by atoms with Crippen LogP contribution in [-0.4, -0.2) is 31.1 Å². The third kappa shape index (κ3) is 5.85. The molecule has 0 bridgehead atoms. The van der Waals surface area contributed by atoms with Crippen molar-refractivity contribution in [1.29, 1.82) is 5.26 Å². The van der Waals surface area contributed by atoms with Gasteiger partial charge < -0.3 is 14.4 Å². The predicted molar refractivity (Wildman–Crippen MR) is 118 cm³/mol. The number of hydrogen-bond donors (Lipinski definition) is 0. The molecule has 1 heterocycles. The highest BCUT2D eigenvalue weighted by molar-refractivity contribution is 7.11. The Morgan fingerprint density at radius 1 is 1.10 bits per heavy atom. The Bertz CT molecular complexity index is 1020. The second-order valence-electron chi connectivity index (χ2n) is 6.83. The highest BCUT2D eigenvalue weighted by atomic mass is 32.1. The fourth-order valence-corrected chi connectivity index (χ4v) is 3.95. The Kier molecular flexibility index (Phi) is 7.47. The molecule has 0 unspecified atom stereocenters. The van der Waals surface area contributed by atoms with Crippen molar-refractivity contribution in [1.82, 2.24) is 4.90 Å². The predicted octanol–water partition coefficient (Wildman–Crippen LogP) is 4.59. The van der Waals surface area contributed by atoms with Crippen LogP contribution < -0.4 is 9.47 Å². The highest BCUT2D eigenvalue weighted by Gasteiger charge is 2.17. The van der Waals surface area contributed by atoms with Gasteiger partial charge in [0.1, 0.15) is 0 Å². The first-order chi connectivity index (χ1) is 14.6. The van der Waals surface area contributed by atoms with Crippen molar-refractivity contribution in [2.45, 2.75) is 19.9 Å². The van der Waals surface area contributed by atoms with Crippen molar-refractivity contribution in [2.75, 3.05) is 20.3 Å². The zero-order chi connectivity index (χ0) is 21.3. The van der Waals surface area contributed by atoms with Crippen LogP contribution in [0, 0.1) is 18.3 Å². The lowest BCUT2D eigenvalue weighted by Crippen LogP contribution is -2.35. The van der Waals surface area contributed by atoms with E-state index in [1.807, 2.05) is 23.1 Å². The molecule has 0 spiro atoms. The molecule has 3 aromatic rings. The van der Waals surface area contributed by atoms with E-state index in [2.05, 4.69) is 37.3 Å². The summed E-state index contributed by atoms with van der Waals surface area (Å²) in [6, 6.07) is 21.2. The third-order valence-corrected chi connectivity index (χ3v) is 5.64. The number of benzene rings is 2. The van der Waals surface area contributed by atoms with Crippen molar-refractivity contribution >= 4 is 17.2 Å². The minimum atomic E-state index is -0.0958. The number of aryl methyl sites for hydroxylation is 1. The number of carbonyl (C=O) groups is 1.